The Bertz CT molecular complexity index is 736. The Labute approximate surface area is 162 Å². The second-order valence-corrected chi connectivity index (χ2v) is 7.29. The third kappa shape index (κ3) is 5.33. The maximum absolute atomic E-state index is 12.4. The molecular weight excluding hydrogens is 336 g/mol. The van der Waals surface area contributed by atoms with E-state index >= 15 is 0 Å². The van der Waals surface area contributed by atoms with Gasteiger partial charge in [-0.25, -0.2) is 0 Å². The fourth-order valence-corrected chi connectivity index (χ4v) is 3.74. The van der Waals surface area contributed by atoms with Gasteiger partial charge >= 0.3 is 0 Å². The van der Waals surface area contributed by atoms with Gasteiger partial charge in [0.05, 0.1) is 13.2 Å². The van der Waals surface area contributed by atoms with E-state index in [0.717, 1.165) is 30.8 Å². The SMILES string of the molecule is COc1ccccc1C(CNC(=O)CCc1ccc(C)cc1)N1CCCC1. The van der Waals surface area contributed by atoms with Gasteiger partial charge in [0, 0.05) is 18.5 Å². The van der Waals surface area contributed by atoms with Gasteiger partial charge in [0.2, 0.25) is 5.91 Å². The topological polar surface area (TPSA) is 41.6 Å². The zero-order valence-corrected chi connectivity index (χ0v) is 16.4. The molecule has 2 aromatic rings. The quantitative estimate of drug-likeness (QED) is 0.771. The lowest BCUT2D eigenvalue weighted by molar-refractivity contribution is -0.121. The van der Waals surface area contributed by atoms with Gasteiger partial charge < -0.3 is 10.1 Å². The van der Waals surface area contributed by atoms with Crippen LogP contribution in [0, 0.1) is 6.92 Å². The molecule has 1 unspecified atom stereocenters. The number of aryl methyl sites for hydroxylation is 2. The summed E-state index contributed by atoms with van der Waals surface area (Å²) in [5, 5.41) is 3.15. The van der Waals surface area contributed by atoms with Gasteiger partial charge in [0.15, 0.2) is 0 Å². The molecule has 0 aromatic heterocycles. The maximum atomic E-state index is 12.4. The summed E-state index contributed by atoms with van der Waals surface area (Å²) in [5.41, 5.74) is 3.60. The van der Waals surface area contributed by atoms with E-state index in [9.17, 15) is 4.79 Å². The van der Waals surface area contributed by atoms with Gasteiger partial charge in [-0.2, -0.15) is 0 Å². The van der Waals surface area contributed by atoms with Crippen molar-refractivity contribution in [1.29, 1.82) is 0 Å². The lowest BCUT2D eigenvalue weighted by Gasteiger charge is -2.29. The summed E-state index contributed by atoms with van der Waals surface area (Å²) >= 11 is 0. The summed E-state index contributed by atoms with van der Waals surface area (Å²) in [6, 6.07) is 16.7. The molecule has 0 bridgehead atoms. The van der Waals surface area contributed by atoms with Crippen molar-refractivity contribution in [3.63, 3.8) is 0 Å². The van der Waals surface area contributed by atoms with Crippen LogP contribution in [0.1, 0.15) is 42.0 Å². The molecule has 3 rings (SSSR count). The van der Waals surface area contributed by atoms with Crippen molar-refractivity contribution in [3.8, 4) is 5.75 Å². The molecular formula is C23H30N2O2. The van der Waals surface area contributed by atoms with Crippen LogP contribution in [0.25, 0.3) is 0 Å². The molecule has 1 N–H and O–H groups in total. The molecule has 27 heavy (non-hydrogen) atoms. The molecule has 1 heterocycles. The number of hydrogen-bond acceptors (Lipinski definition) is 3. The average molecular weight is 367 g/mol. The highest BCUT2D eigenvalue weighted by Crippen LogP contribution is 2.31. The predicted molar refractivity (Wildman–Crippen MR) is 109 cm³/mol. The second kappa shape index (κ2) is 9.56. The first-order chi connectivity index (χ1) is 13.2. The summed E-state index contributed by atoms with van der Waals surface area (Å²) in [5.74, 6) is 0.998. The normalized spacial score (nSPS) is 15.5. The van der Waals surface area contributed by atoms with Crippen molar-refractivity contribution < 1.29 is 9.53 Å². The number of nitrogens with zero attached hydrogens (tertiary/aromatic N) is 1. The van der Waals surface area contributed by atoms with Crippen LogP contribution in [0.15, 0.2) is 48.5 Å². The van der Waals surface area contributed by atoms with Crippen LogP contribution in [0.2, 0.25) is 0 Å². The molecule has 1 aliphatic heterocycles. The van der Waals surface area contributed by atoms with Crippen molar-refractivity contribution >= 4 is 5.91 Å². The van der Waals surface area contributed by atoms with E-state index in [0.29, 0.717) is 13.0 Å². The number of rotatable bonds is 8. The molecule has 144 valence electrons. The zero-order valence-electron chi connectivity index (χ0n) is 16.4. The first-order valence-electron chi connectivity index (χ1n) is 9.86. The van der Waals surface area contributed by atoms with Crippen LogP contribution in [-0.2, 0) is 11.2 Å². The number of methoxy groups -OCH3 is 1. The summed E-state index contributed by atoms with van der Waals surface area (Å²) in [6.07, 6.45) is 3.72. The maximum Gasteiger partial charge on any atom is 0.220 e. The monoisotopic (exact) mass is 366 g/mol. The minimum atomic E-state index is 0.106. The summed E-state index contributed by atoms with van der Waals surface area (Å²) < 4.78 is 5.57. The van der Waals surface area contributed by atoms with Crippen molar-refractivity contribution in [1.82, 2.24) is 10.2 Å². The van der Waals surface area contributed by atoms with Crippen molar-refractivity contribution in [2.24, 2.45) is 0 Å². The van der Waals surface area contributed by atoms with Crippen LogP contribution in [-0.4, -0.2) is 37.6 Å². The largest absolute Gasteiger partial charge is 0.496 e. The third-order valence-corrected chi connectivity index (χ3v) is 5.33. The number of likely N-dealkylation sites (tertiary alicyclic amines) is 1. The van der Waals surface area contributed by atoms with Crippen LogP contribution < -0.4 is 10.1 Å². The molecule has 1 saturated heterocycles. The molecule has 0 spiro atoms. The average Bonchev–Trinajstić information content (AvgIpc) is 3.22. The Kier molecular flexibility index (Phi) is 6.88. The summed E-state index contributed by atoms with van der Waals surface area (Å²) in [6.45, 7) is 4.84. The molecule has 2 aromatic carbocycles. The standard InChI is InChI=1S/C23H30N2O2/c1-18-9-11-19(12-10-18)13-14-23(26)24-17-21(25-15-5-6-16-25)20-7-3-4-8-22(20)27-2/h3-4,7-12,21H,5-6,13-17H2,1-2H3,(H,24,26). The molecule has 0 aliphatic carbocycles. The van der Waals surface area contributed by atoms with E-state index in [1.54, 1.807) is 7.11 Å². The Morgan fingerprint density at radius 2 is 1.81 bits per heavy atom. The lowest BCUT2D eigenvalue weighted by Crippen LogP contribution is -2.37. The first kappa shape index (κ1) is 19.4. The summed E-state index contributed by atoms with van der Waals surface area (Å²) in [7, 11) is 1.71. The van der Waals surface area contributed by atoms with E-state index in [1.165, 1.54) is 24.0 Å². The van der Waals surface area contributed by atoms with Gasteiger partial charge in [-0.05, 0) is 50.9 Å². The number of ether oxygens (including phenoxy) is 1. The number of benzene rings is 2. The molecule has 4 heteroatoms. The van der Waals surface area contributed by atoms with Gasteiger partial charge in [-0.15, -0.1) is 0 Å². The molecule has 1 amide bonds. The number of carbonyl (C=O) groups excluding carboxylic acids is 1. The van der Waals surface area contributed by atoms with Crippen LogP contribution in [0.4, 0.5) is 0 Å². The fraction of sp³-hybridized carbons (Fsp3) is 0.435. The second-order valence-electron chi connectivity index (χ2n) is 7.29. The fourth-order valence-electron chi connectivity index (χ4n) is 3.74. The Morgan fingerprint density at radius 1 is 1.11 bits per heavy atom. The molecule has 1 aliphatic rings. The number of nitrogens with one attached hydrogen (secondary N) is 1. The molecule has 0 radical (unpaired) electrons. The first-order valence-corrected chi connectivity index (χ1v) is 9.86. The molecule has 4 nitrogen and oxygen atoms in total. The van der Waals surface area contributed by atoms with Crippen LogP contribution in [0.3, 0.4) is 0 Å². The number of amides is 1. The molecule has 1 atom stereocenters. The van der Waals surface area contributed by atoms with E-state index in [2.05, 4.69) is 47.5 Å². The van der Waals surface area contributed by atoms with E-state index in [-0.39, 0.29) is 11.9 Å². The zero-order chi connectivity index (χ0) is 19.1. The third-order valence-electron chi connectivity index (χ3n) is 5.33. The summed E-state index contributed by atoms with van der Waals surface area (Å²) in [4.78, 5) is 14.9. The highest BCUT2D eigenvalue weighted by atomic mass is 16.5. The van der Waals surface area contributed by atoms with Gasteiger partial charge in [0.25, 0.3) is 0 Å². The minimum Gasteiger partial charge on any atom is -0.496 e. The van der Waals surface area contributed by atoms with Crippen molar-refractivity contribution in [3.05, 3.63) is 65.2 Å². The van der Waals surface area contributed by atoms with Crippen LogP contribution in [0.5, 0.6) is 5.75 Å². The Morgan fingerprint density at radius 3 is 2.52 bits per heavy atom. The predicted octanol–water partition coefficient (Wildman–Crippen LogP) is 3.89. The van der Waals surface area contributed by atoms with Crippen LogP contribution >= 0.6 is 0 Å². The number of carbonyl (C=O) groups is 1. The van der Waals surface area contributed by atoms with E-state index < -0.39 is 0 Å². The van der Waals surface area contributed by atoms with E-state index in [4.69, 9.17) is 4.74 Å². The number of hydrogen-bond donors (Lipinski definition) is 1. The Hall–Kier alpha value is -2.33. The smallest absolute Gasteiger partial charge is 0.220 e. The minimum absolute atomic E-state index is 0.106. The van der Waals surface area contributed by atoms with Gasteiger partial charge in [-0.3, -0.25) is 9.69 Å². The molecule has 1 fully saturated rings. The van der Waals surface area contributed by atoms with Gasteiger partial charge in [-0.1, -0.05) is 48.0 Å². The van der Waals surface area contributed by atoms with Gasteiger partial charge in [0.1, 0.15) is 5.75 Å². The van der Waals surface area contributed by atoms with Crippen molar-refractivity contribution in [2.75, 3.05) is 26.7 Å². The lowest BCUT2D eigenvalue weighted by atomic mass is 10.0. The Balaban J connectivity index is 1.60. The highest BCUT2D eigenvalue weighted by Gasteiger charge is 2.26. The van der Waals surface area contributed by atoms with Crippen molar-refractivity contribution in [2.45, 2.75) is 38.6 Å². The number of para-hydroxylation sites is 1. The highest BCUT2D eigenvalue weighted by molar-refractivity contribution is 5.76. The molecule has 0 saturated carbocycles. The van der Waals surface area contributed by atoms with E-state index in [1.807, 2.05) is 18.2 Å².